The molecule has 1 aliphatic heterocycles. The molecule has 9 nitrogen and oxygen atoms in total. The molecular weight excluding hydrogens is 352 g/mol. The zero-order valence-corrected chi connectivity index (χ0v) is 14.8. The van der Waals surface area contributed by atoms with Gasteiger partial charge in [0, 0.05) is 18.9 Å². The van der Waals surface area contributed by atoms with Gasteiger partial charge in [-0.15, -0.1) is 0 Å². The monoisotopic (exact) mass is 368 g/mol. The van der Waals surface area contributed by atoms with Crippen molar-refractivity contribution < 1.29 is 28.7 Å². The molecule has 2 amide bonds. The van der Waals surface area contributed by atoms with Gasteiger partial charge in [0.1, 0.15) is 5.69 Å². The molecule has 1 aromatic heterocycles. The molecule has 2 heterocycles. The minimum Gasteiger partial charge on any atom is -0.457 e. The Balaban J connectivity index is 2.26. The van der Waals surface area contributed by atoms with Crippen LogP contribution in [0.15, 0.2) is 24.3 Å². The summed E-state index contributed by atoms with van der Waals surface area (Å²) in [5.41, 5.74) is 9.28. The Kier molecular flexibility index (Phi) is 4.70. The van der Waals surface area contributed by atoms with E-state index in [1.807, 2.05) is 0 Å². The number of nitrogens with zero attached hydrogens (tertiary/aromatic N) is 4. The number of ether oxygens (including phenoxy) is 1. The fourth-order valence-corrected chi connectivity index (χ4v) is 3.23. The maximum absolute atomic E-state index is 13.0. The first-order chi connectivity index (χ1) is 12.9. The van der Waals surface area contributed by atoms with Crippen LogP contribution < -0.4 is 0 Å². The summed E-state index contributed by atoms with van der Waals surface area (Å²) < 4.78 is 5.75. The zero-order chi connectivity index (χ0) is 19.7. The third kappa shape index (κ3) is 2.84. The van der Waals surface area contributed by atoms with Crippen molar-refractivity contribution in [2.45, 2.75) is 20.3 Å². The van der Waals surface area contributed by atoms with Gasteiger partial charge in [0.05, 0.1) is 12.1 Å². The van der Waals surface area contributed by atoms with Gasteiger partial charge in [-0.2, -0.15) is 4.79 Å². The predicted molar refractivity (Wildman–Crippen MR) is 93.2 cm³/mol. The first-order valence-corrected chi connectivity index (χ1v) is 8.31. The van der Waals surface area contributed by atoms with Crippen molar-refractivity contribution in [2.75, 3.05) is 13.2 Å². The average molecular weight is 368 g/mol. The van der Waals surface area contributed by atoms with Crippen molar-refractivity contribution >= 4 is 40.3 Å². The summed E-state index contributed by atoms with van der Waals surface area (Å²) in [5.74, 6) is -3.21. The van der Waals surface area contributed by atoms with E-state index in [1.54, 1.807) is 31.2 Å². The Morgan fingerprint density at radius 3 is 2.59 bits per heavy atom. The molecule has 138 valence electrons. The fourth-order valence-electron chi connectivity index (χ4n) is 3.23. The van der Waals surface area contributed by atoms with Gasteiger partial charge in [-0.1, -0.05) is 18.2 Å². The van der Waals surface area contributed by atoms with Crippen LogP contribution >= 0.6 is 0 Å². The first kappa shape index (κ1) is 18.2. The lowest BCUT2D eigenvalue weighted by Crippen LogP contribution is -2.43. The van der Waals surface area contributed by atoms with Crippen LogP contribution in [-0.4, -0.2) is 56.8 Å². The Hall–Kier alpha value is -3.58. The van der Waals surface area contributed by atoms with E-state index in [1.165, 1.54) is 6.92 Å². The Morgan fingerprint density at radius 1 is 1.26 bits per heavy atom. The van der Waals surface area contributed by atoms with Crippen LogP contribution in [0.5, 0.6) is 0 Å². The van der Waals surface area contributed by atoms with Crippen molar-refractivity contribution in [1.29, 1.82) is 0 Å². The molecule has 0 bridgehead atoms. The Labute approximate surface area is 153 Å². The largest absolute Gasteiger partial charge is 0.463 e. The summed E-state index contributed by atoms with van der Waals surface area (Å²) >= 11 is 0. The van der Waals surface area contributed by atoms with Crippen LogP contribution in [0, 0.1) is 0 Å². The predicted octanol–water partition coefficient (Wildman–Crippen LogP) is 1.06. The van der Waals surface area contributed by atoms with Crippen LogP contribution in [-0.2, 0) is 20.7 Å². The quantitative estimate of drug-likeness (QED) is 0.264. The minimum absolute atomic E-state index is 0.0203. The van der Waals surface area contributed by atoms with E-state index in [2.05, 4.69) is 4.79 Å². The van der Waals surface area contributed by atoms with Gasteiger partial charge >= 0.3 is 17.6 Å². The normalized spacial score (nSPS) is 13.1. The summed E-state index contributed by atoms with van der Waals surface area (Å²) in [6.07, 6.45) is 0.368. The summed E-state index contributed by atoms with van der Waals surface area (Å²) in [7, 11) is 0. The van der Waals surface area contributed by atoms with Crippen LogP contribution in [0.2, 0.25) is 0 Å². The van der Waals surface area contributed by atoms with Crippen molar-refractivity contribution in [1.82, 2.24) is 9.47 Å². The first-order valence-electron chi connectivity index (χ1n) is 8.31. The smallest absolute Gasteiger partial charge is 0.457 e. The van der Waals surface area contributed by atoms with Crippen molar-refractivity contribution in [2.24, 2.45) is 0 Å². The third-order valence-corrected chi connectivity index (χ3v) is 4.37. The minimum atomic E-state index is -1.11. The lowest BCUT2D eigenvalue weighted by atomic mass is 10.0. The van der Waals surface area contributed by atoms with Gasteiger partial charge in [-0.25, -0.2) is 4.79 Å². The second kappa shape index (κ2) is 6.97. The summed E-state index contributed by atoms with van der Waals surface area (Å²) in [4.78, 5) is 53.4. The molecule has 0 saturated carbocycles. The highest BCUT2D eigenvalue weighted by atomic mass is 16.5. The van der Waals surface area contributed by atoms with Gasteiger partial charge in [0.15, 0.2) is 0 Å². The van der Waals surface area contributed by atoms with E-state index >= 15 is 0 Å². The molecule has 2 aromatic rings. The number of amides is 2. The molecule has 0 spiro atoms. The molecule has 1 aromatic carbocycles. The van der Waals surface area contributed by atoms with Crippen LogP contribution in [0.25, 0.3) is 16.4 Å². The summed E-state index contributed by atoms with van der Waals surface area (Å²) in [6, 6.07) is 6.78. The molecule has 0 aliphatic carbocycles. The maximum Gasteiger partial charge on any atom is 0.463 e. The Morgan fingerprint density at radius 2 is 1.96 bits per heavy atom. The molecule has 0 N–H and O–H groups in total. The average Bonchev–Trinajstić information content (AvgIpc) is 2.98. The second-order valence-corrected chi connectivity index (χ2v) is 5.88. The van der Waals surface area contributed by atoms with E-state index in [0.29, 0.717) is 22.9 Å². The number of carbonyl (C=O) groups excluding carboxylic acids is 4. The molecule has 0 atom stereocenters. The fraction of sp³-hybridized carbons (Fsp3) is 0.278. The third-order valence-electron chi connectivity index (χ3n) is 4.37. The number of benzene rings is 1. The molecule has 0 saturated heterocycles. The highest BCUT2D eigenvalue weighted by Gasteiger charge is 2.40. The van der Waals surface area contributed by atoms with E-state index < -0.39 is 29.4 Å². The molecule has 0 unspecified atom stereocenters. The zero-order valence-electron chi connectivity index (χ0n) is 14.8. The highest BCUT2D eigenvalue weighted by Crippen LogP contribution is 2.31. The van der Waals surface area contributed by atoms with Crippen molar-refractivity contribution in [3.8, 4) is 0 Å². The van der Waals surface area contributed by atoms with Crippen molar-refractivity contribution in [3.63, 3.8) is 0 Å². The highest BCUT2D eigenvalue weighted by molar-refractivity contribution is 6.62. The number of rotatable bonds is 3. The van der Waals surface area contributed by atoms with Gasteiger partial charge < -0.3 is 10.3 Å². The molecular formula is C18H16N4O5. The van der Waals surface area contributed by atoms with Gasteiger partial charge in [0.2, 0.25) is 5.91 Å². The maximum atomic E-state index is 13.0. The number of carbonyl (C=O) groups is 4. The molecule has 1 aliphatic rings. The van der Waals surface area contributed by atoms with Gasteiger partial charge in [-0.3, -0.25) is 23.9 Å². The number of aromatic nitrogens is 1. The number of esters is 1. The van der Waals surface area contributed by atoms with Crippen LogP contribution in [0.1, 0.15) is 34.7 Å². The SMILES string of the molecule is CCOC(=O)C(=[N+]=[N-])C(=O)n1c2c(c3ccccc31)CCN(C(C)=O)C2=O. The van der Waals surface area contributed by atoms with Crippen LogP contribution in [0.4, 0.5) is 0 Å². The molecule has 27 heavy (non-hydrogen) atoms. The Bertz CT molecular complexity index is 1050. The van der Waals surface area contributed by atoms with E-state index in [0.717, 1.165) is 9.47 Å². The molecule has 9 heteroatoms. The van der Waals surface area contributed by atoms with E-state index in [4.69, 9.17) is 4.74 Å². The molecule has 3 rings (SSSR count). The van der Waals surface area contributed by atoms with E-state index in [-0.39, 0.29) is 18.8 Å². The topological polar surface area (TPSA) is 122 Å². The molecule has 0 radical (unpaired) electrons. The lowest BCUT2D eigenvalue weighted by molar-refractivity contribution is -0.139. The number of hydrogen-bond acceptors (Lipinski definition) is 5. The second-order valence-electron chi connectivity index (χ2n) is 5.88. The van der Waals surface area contributed by atoms with Crippen molar-refractivity contribution in [3.05, 3.63) is 41.1 Å². The lowest BCUT2D eigenvalue weighted by Gasteiger charge is -2.24. The molecule has 0 fully saturated rings. The number of fused-ring (bicyclic) bond motifs is 3. The van der Waals surface area contributed by atoms with Crippen LogP contribution in [0.3, 0.4) is 0 Å². The summed E-state index contributed by atoms with van der Waals surface area (Å²) in [6.45, 7) is 2.98. The standard InChI is InChI=1S/C18H16N4O5/c1-3-27-18(26)14(20-19)16(24)22-13-7-5-4-6-11(13)12-8-9-21(10(2)23)17(25)15(12)22/h4-7H,3,8-9H2,1-2H3. The van der Waals surface area contributed by atoms with Gasteiger partial charge in [-0.05, 0) is 25.0 Å². The van der Waals surface area contributed by atoms with Gasteiger partial charge in [0.25, 0.3) is 5.91 Å². The number of imide groups is 1. The number of para-hydroxylation sites is 1. The number of hydrogen-bond donors (Lipinski definition) is 0. The summed E-state index contributed by atoms with van der Waals surface area (Å²) in [5, 5.41) is 0.651. The van der Waals surface area contributed by atoms with E-state index in [9.17, 15) is 24.7 Å².